The van der Waals surface area contributed by atoms with E-state index in [2.05, 4.69) is 20.5 Å². The maximum Gasteiger partial charge on any atom is 0.200 e. The molecule has 1 aliphatic carbocycles. The lowest BCUT2D eigenvalue weighted by atomic mass is 10.0. The Kier molecular flexibility index (Phi) is 3.10. The number of hydrogen-bond acceptors (Lipinski definition) is 5. The van der Waals surface area contributed by atoms with E-state index in [9.17, 15) is 8.42 Å². The van der Waals surface area contributed by atoms with Crippen LogP contribution in [0, 0.1) is 19.8 Å². The largest absolute Gasteiger partial charge is 0.338 e. The summed E-state index contributed by atoms with van der Waals surface area (Å²) >= 11 is 0. The molecule has 0 bridgehead atoms. The number of nitrogens with zero attached hydrogens (tertiary/aromatic N) is 2. The highest BCUT2D eigenvalue weighted by Crippen LogP contribution is 2.49. The van der Waals surface area contributed by atoms with Crippen LogP contribution in [0.1, 0.15) is 29.7 Å². The second-order valence-corrected chi connectivity index (χ2v) is 8.83. The lowest BCUT2D eigenvalue weighted by Crippen LogP contribution is -1.98. The molecule has 3 heterocycles. The molecular weight excluding hydrogens is 348 g/mol. The Morgan fingerprint density at radius 1 is 1.23 bits per heavy atom. The standard InChI is InChI=1S/C19H18N4O2S/c1-10-11(2)22-23-19(10)21-16-5-6-20-17-7-13-15(12-3-4-12)9-26(24,25)18(13)8-14(16)17/h5-9,12H,3-4H2,1-2H3,(H2,20,21,22,23). The Morgan fingerprint density at radius 2 is 2.04 bits per heavy atom. The molecule has 0 atom stereocenters. The molecule has 1 fully saturated rings. The van der Waals surface area contributed by atoms with E-state index in [4.69, 9.17) is 0 Å². The van der Waals surface area contributed by atoms with Gasteiger partial charge in [-0.1, -0.05) is 0 Å². The molecule has 0 saturated heterocycles. The molecule has 2 N–H and O–H groups in total. The van der Waals surface area contributed by atoms with Gasteiger partial charge in [-0.2, -0.15) is 5.10 Å². The summed E-state index contributed by atoms with van der Waals surface area (Å²) in [7, 11) is -3.38. The van der Waals surface area contributed by atoms with Crippen LogP contribution in [0.15, 0.2) is 34.7 Å². The van der Waals surface area contributed by atoms with E-state index < -0.39 is 9.84 Å². The number of pyridine rings is 1. The summed E-state index contributed by atoms with van der Waals surface area (Å²) in [5, 5.41) is 12.8. The first-order valence-corrected chi connectivity index (χ1v) is 10.2. The smallest absolute Gasteiger partial charge is 0.200 e. The number of fused-ring (bicyclic) bond motifs is 2. The van der Waals surface area contributed by atoms with Crippen LogP contribution >= 0.6 is 0 Å². The molecule has 5 rings (SSSR count). The van der Waals surface area contributed by atoms with Crippen LogP contribution in [0.5, 0.6) is 0 Å². The molecule has 132 valence electrons. The first kappa shape index (κ1) is 15.6. The number of anilines is 2. The molecule has 1 saturated carbocycles. The SMILES string of the molecule is Cc1[nH]nc(Nc2ccnc3cc4c(cc23)S(=O)(=O)C=C4C2CC2)c1C. The number of aromatic amines is 1. The lowest BCUT2D eigenvalue weighted by molar-refractivity contribution is 0.605. The summed E-state index contributed by atoms with van der Waals surface area (Å²) in [4.78, 5) is 4.85. The highest BCUT2D eigenvalue weighted by molar-refractivity contribution is 7.95. The number of allylic oxidation sites excluding steroid dienone is 1. The predicted octanol–water partition coefficient (Wildman–Crippen LogP) is 3.86. The second kappa shape index (κ2) is 5.17. The van der Waals surface area contributed by atoms with Gasteiger partial charge in [0.15, 0.2) is 5.82 Å². The fourth-order valence-corrected chi connectivity index (χ4v) is 5.03. The van der Waals surface area contributed by atoms with Crippen molar-refractivity contribution >= 4 is 37.8 Å². The van der Waals surface area contributed by atoms with E-state index in [0.717, 1.165) is 57.6 Å². The quantitative estimate of drug-likeness (QED) is 0.735. The van der Waals surface area contributed by atoms with Crippen molar-refractivity contribution in [1.29, 1.82) is 0 Å². The van der Waals surface area contributed by atoms with Crippen LogP contribution in [-0.4, -0.2) is 23.6 Å². The monoisotopic (exact) mass is 366 g/mol. The normalized spacial score (nSPS) is 18.0. The number of sulfone groups is 1. The third-order valence-electron chi connectivity index (χ3n) is 5.27. The van der Waals surface area contributed by atoms with E-state index in [0.29, 0.717) is 10.8 Å². The number of aromatic nitrogens is 3. The summed E-state index contributed by atoms with van der Waals surface area (Å²) in [6, 6.07) is 5.50. The molecule has 1 aliphatic heterocycles. The number of nitrogens with one attached hydrogen (secondary N) is 2. The minimum absolute atomic E-state index is 0.375. The highest BCUT2D eigenvalue weighted by Gasteiger charge is 2.36. The molecule has 0 radical (unpaired) electrons. The van der Waals surface area contributed by atoms with Gasteiger partial charge in [0.25, 0.3) is 0 Å². The molecule has 2 aliphatic rings. The second-order valence-electron chi connectivity index (χ2n) is 7.06. The molecule has 2 aromatic heterocycles. The number of benzene rings is 1. The molecular formula is C19H18N4O2S. The number of H-pyrrole nitrogens is 1. The van der Waals surface area contributed by atoms with Gasteiger partial charge < -0.3 is 5.32 Å². The van der Waals surface area contributed by atoms with Crippen molar-refractivity contribution < 1.29 is 8.42 Å². The van der Waals surface area contributed by atoms with E-state index in [1.807, 2.05) is 26.0 Å². The van der Waals surface area contributed by atoms with Crippen molar-refractivity contribution in [2.45, 2.75) is 31.6 Å². The van der Waals surface area contributed by atoms with Crippen LogP contribution in [0.25, 0.3) is 16.5 Å². The highest BCUT2D eigenvalue weighted by atomic mass is 32.2. The van der Waals surface area contributed by atoms with Crippen LogP contribution < -0.4 is 5.32 Å². The number of aryl methyl sites for hydroxylation is 1. The zero-order chi connectivity index (χ0) is 18.1. The van der Waals surface area contributed by atoms with Gasteiger partial charge in [-0.3, -0.25) is 10.1 Å². The van der Waals surface area contributed by atoms with E-state index >= 15 is 0 Å². The predicted molar refractivity (Wildman–Crippen MR) is 101 cm³/mol. The molecule has 0 spiro atoms. The van der Waals surface area contributed by atoms with Gasteiger partial charge in [0, 0.05) is 28.2 Å². The molecule has 7 heteroatoms. The van der Waals surface area contributed by atoms with Gasteiger partial charge >= 0.3 is 0 Å². The van der Waals surface area contributed by atoms with Gasteiger partial charge in [0.05, 0.1) is 16.1 Å². The van der Waals surface area contributed by atoms with Crippen molar-refractivity contribution in [3.05, 3.63) is 46.6 Å². The van der Waals surface area contributed by atoms with Gasteiger partial charge in [-0.05, 0) is 61.9 Å². The molecule has 1 aromatic carbocycles. The zero-order valence-electron chi connectivity index (χ0n) is 14.5. The molecule has 3 aromatic rings. The third kappa shape index (κ3) is 2.27. The zero-order valence-corrected chi connectivity index (χ0v) is 15.3. The Hall–Kier alpha value is -2.67. The van der Waals surface area contributed by atoms with Crippen molar-refractivity contribution in [3.8, 4) is 0 Å². The maximum absolute atomic E-state index is 12.6. The minimum Gasteiger partial charge on any atom is -0.338 e. The van der Waals surface area contributed by atoms with E-state index in [-0.39, 0.29) is 0 Å². The maximum atomic E-state index is 12.6. The molecule has 0 unspecified atom stereocenters. The van der Waals surface area contributed by atoms with Crippen molar-refractivity contribution in [3.63, 3.8) is 0 Å². The Labute approximate surface area is 151 Å². The van der Waals surface area contributed by atoms with Crippen molar-refractivity contribution in [2.75, 3.05) is 5.32 Å². The topological polar surface area (TPSA) is 87.7 Å². The fourth-order valence-electron chi connectivity index (χ4n) is 3.48. The summed E-state index contributed by atoms with van der Waals surface area (Å²) < 4.78 is 25.3. The number of rotatable bonds is 3. The summed E-state index contributed by atoms with van der Waals surface area (Å²) in [6.45, 7) is 3.95. The van der Waals surface area contributed by atoms with Crippen LogP contribution in [0.2, 0.25) is 0 Å². The first-order valence-electron chi connectivity index (χ1n) is 8.62. The van der Waals surface area contributed by atoms with Crippen LogP contribution in [-0.2, 0) is 9.84 Å². The molecule has 6 nitrogen and oxygen atoms in total. The van der Waals surface area contributed by atoms with Crippen molar-refractivity contribution in [2.24, 2.45) is 5.92 Å². The van der Waals surface area contributed by atoms with Gasteiger partial charge in [0.2, 0.25) is 9.84 Å². The third-order valence-corrected chi connectivity index (χ3v) is 6.78. The van der Waals surface area contributed by atoms with Gasteiger partial charge in [0.1, 0.15) is 0 Å². The Morgan fingerprint density at radius 3 is 2.73 bits per heavy atom. The fraction of sp³-hybridized carbons (Fsp3) is 0.263. The van der Waals surface area contributed by atoms with Gasteiger partial charge in [-0.25, -0.2) is 8.42 Å². The van der Waals surface area contributed by atoms with Crippen LogP contribution in [0.4, 0.5) is 11.5 Å². The summed E-state index contributed by atoms with van der Waals surface area (Å²) in [6.07, 6.45) is 3.85. The summed E-state index contributed by atoms with van der Waals surface area (Å²) in [5.74, 6) is 1.11. The van der Waals surface area contributed by atoms with Gasteiger partial charge in [-0.15, -0.1) is 0 Å². The molecule has 0 amide bonds. The Balaban J connectivity index is 1.68. The molecule has 26 heavy (non-hydrogen) atoms. The van der Waals surface area contributed by atoms with E-state index in [1.54, 1.807) is 12.3 Å². The first-order chi connectivity index (χ1) is 12.4. The summed E-state index contributed by atoms with van der Waals surface area (Å²) in [5.41, 5.74) is 5.36. The lowest BCUT2D eigenvalue weighted by Gasteiger charge is -2.11. The average molecular weight is 366 g/mol. The van der Waals surface area contributed by atoms with Crippen molar-refractivity contribution in [1.82, 2.24) is 15.2 Å². The Bertz CT molecular complexity index is 1200. The minimum atomic E-state index is -3.38. The average Bonchev–Trinajstić information content (AvgIpc) is 3.37. The van der Waals surface area contributed by atoms with E-state index in [1.165, 1.54) is 5.41 Å². The van der Waals surface area contributed by atoms with Crippen LogP contribution in [0.3, 0.4) is 0 Å². The number of hydrogen-bond donors (Lipinski definition) is 2.